The maximum Gasteiger partial charge on any atom is 0.280 e. The fraction of sp³-hybridized carbons (Fsp3) is 0.0909. The van der Waals surface area contributed by atoms with Crippen molar-refractivity contribution in [3.05, 3.63) is 84.4 Å². The number of ether oxygens (including phenoxy) is 1. The average molecular weight is 344 g/mol. The van der Waals surface area contributed by atoms with Gasteiger partial charge in [-0.25, -0.2) is 5.43 Å². The summed E-state index contributed by atoms with van der Waals surface area (Å²) in [6.45, 7) is 1.70. The first-order valence-electron chi connectivity index (χ1n) is 8.43. The highest BCUT2D eigenvalue weighted by atomic mass is 16.5. The number of benzene rings is 3. The maximum absolute atomic E-state index is 12.1. The topological polar surface area (TPSA) is 50.7 Å². The standard InChI is InChI=1S/C22H20N2O2/c1-17(26-21-15-7-13-19-12-5-6-14-20(19)21)22(25)24-23-16-8-11-18-9-3-2-4-10-18/h2-17H,1H3,(H,24,25). The molecule has 4 heteroatoms. The lowest BCUT2D eigenvalue weighted by Gasteiger charge is -2.14. The Bertz CT molecular complexity index is 928. The van der Waals surface area contributed by atoms with Crippen molar-refractivity contribution in [1.82, 2.24) is 5.43 Å². The van der Waals surface area contributed by atoms with Crippen molar-refractivity contribution in [2.75, 3.05) is 0 Å². The minimum absolute atomic E-state index is 0.303. The summed E-state index contributed by atoms with van der Waals surface area (Å²) >= 11 is 0. The van der Waals surface area contributed by atoms with Crippen LogP contribution in [0.25, 0.3) is 16.8 Å². The van der Waals surface area contributed by atoms with Crippen LogP contribution >= 0.6 is 0 Å². The molecule has 3 aromatic carbocycles. The summed E-state index contributed by atoms with van der Waals surface area (Å²) in [6, 6.07) is 23.6. The first-order valence-corrected chi connectivity index (χ1v) is 8.43. The highest BCUT2D eigenvalue weighted by Crippen LogP contribution is 2.25. The van der Waals surface area contributed by atoms with E-state index in [9.17, 15) is 4.79 Å². The first-order chi connectivity index (χ1) is 12.7. The lowest BCUT2D eigenvalue weighted by atomic mass is 10.1. The van der Waals surface area contributed by atoms with Crippen LogP contribution in [0.2, 0.25) is 0 Å². The molecule has 0 fully saturated rings. The van der Waals surface area contributed by atoms with E-state index >= 15 is 0 Å². The molecule has 0 aliphatic carbocycles. The van der Waals surface area contributed by atoms with Gasteiger partial charge in [-0.05, 0) is 30.0 Å². The molecule has 26 heavy (non-hydrogen) atoms. The summed E-state index contributed by atoms with van der Waals surface area (Å²) in [6.07, 6.45) is 4.56. The predicted molar refractivity (Wildman–Crippen MR) is 106 cm³/mol. The van der Waals surface area contributed by atoms with E-state index in [2.05, 4.69) is 10.5 Å². The molecular formula is C22H20N2O2. The molecule has 0 saturated heterocycles. The number of nitrogens with zero attached hydrogens (tertiary/aromatic N) is 1. The molecule has 1 atom stereocenters. The zero-order valence-electron chi connectivity index (χ0n) is 14.5. The number of rotatable bonds is 6. The fourth-order valence-corrected chi connectivity index (χ4v) is 2.50. The molecule has 0 radical (unpaired) electrons. The number of allylic oxidation sites excluding steroid dienone is 1. The van der Waals surface area contributed by atoms with Crippen LogP contribution in [0.5, 0.6) is 5.75 Å². The van der Waals surface area contributed by atoms with Crippen LogP contribution in [0.1, 0.15) is 12.5 Å². The molecule has 0 heterocycles. The van der Waals surface area contributed by atoms with Gasteiger partial charge in [0.25, 0.3) is 5.91 Å². The smallest absolute Gasteiger partial charge is 0.280 e. The molecule has 0 aromatic heterocycles. The average Bonchev–Trinajstić information content (AvgIpc) is 2.68. The van der Waals surface area contributed by atoms with E-state index in [1.165, 1.54) is 6.21 Å². The Hall–Kier alpha value is -3.40. The van der Waals surface area contributed by atoms with Gasteiger partial charge in [-0.2, -0.15) is 5.10 Å². The Balaban J connectivity index is 1.56. The number of carbonyl (C=O) groups excluding carboxylic acids is 1. The molecule has 0 spiro atoms. The Morgan fingerprint density at radius 3 is 2.58 bits per heavy atom. The third-order valence-electron chi connectivity index (χ3n) is 3.85. The number of hydrogen-bond donors (Lipinski definition) is 1. The third kappa shape index (κ3) is 4.57. The van der Waals surface area contributed by atoms with E-state index in [0.29, 0.717) is 5.75 Å². The van der Waals surface area contributed by atoms with Crippen molar-refractivity contribution in [1.29, 1.82) is 0 Å². The molecule has 3 aromatic rings. The van der Waals surface area contributed by atoms with Gasteiger partial charge in [0, 0.05) is 11.6 Å². The van der Waals surface area contributed by atoms with Gasteiger partial charge in [0.1, 0.15) is 5.75 Å². The Labute approximate surface area is 152 Å². The van der Waals surface area contributed by atoms with Gasteiger partial charge in [0.05, 0.1) is 0 Å². The van der Waals surface area contributed by atoms with Crippen LogP contribution < -0.4 is 10.2 Å². The Morgan fingerprint density at radius 1 is 1.00 bits per heavy atom. The molecule has 0 aliphatic heterocycles. The molecule has 4 nitrogen and oxygen atoms in total. The van der Waals surface area contributed by atoms with Crippen molar-refractivity contribution < 1.29 is 9.53 Å². The minimum Gasteiger partial charge on any atom is -0.480 e. The molecule has 0 aliphatic rings. The molecule has 0 bridgehead atoms. The summed E-state index contributed by atoms with van der Waals surface area (Å²) in [7, 11) is 0. The lowest BCUT2D eigenvalue weighted by molar-refractivity contribution is -0.127. The predicted octanol–water partition coefficient (Wildman–Crippen LogP) is 4.42. The van der Waals surface area contributed by atoms with E-state index in [0.717, 1.165) is 16.3 Å². The van der Waals surface area contributed by atoms with Gasteiger partial charge >= 0.3 is 0 Å². The van der Waals surface area contributed by atoms with Crippen LogP contribution in [-0.2, 0) is 4.79 Å². The lowest BCUT2D eigenvalue weighted by Crippen LogP contribution is -2.33. The highest BCUT2D eigenvalue weighted by Gasteiger charge is 2.15. The molecule has 0 saturated carbocycles. The molecular weight excluding hydrogens is 324 g/mol. The molecule has 1 N–H and O–H groups in total. The van der Waals surface area contributed by atoms with E-state index in [1.54, 1.807) is 13.0 Å². The summed E-state index contributed by atoms with van der Waals surface area (Å²) in [5, 5.41) is 5.97. The zero-order valence-corrected chi connectivity index (χ0v) is 14.5. The zero-order chi connectivity index (χ0) is 18.2. The summed E-state index contributed by atoms with van der Waals surface area (Å²) in [5.41, 5.74) is 3.56. The van der Waals surface area contributed by atoms with Gasteiger partial charge in [-0.1, -0.05) is 72.8 Å². The van der Waals surface area contributed by atoms with Crippen LogP contribution in [0.15, 0.2) is 84.0 Å². The van der Waals surface area contributed by atoms with Gasteiger partial charge < -0.3 is 4.74 Å². The summed E-state index contributed by atoms with van der Waals surface area (Å²) < 4.78 is 5.81. The van der Waals surface area contributed by atoms with E-state index < -0.39 is 6.10 Å². The number of amides is 1. The number of fused-ring (bicyclic) bond motifs is 1. The van der Waals surface area contributed by atoms with Crippen molar-refractivity contribution in [3.63, 3.8) is 0 Å². The van der Waals surface area contributed by atoms with Crippen LogP contribution in [0.3, 0.4) is 0 Å². The van der Waals surface area contributed by atoms with Gasteiger partial charge in [-0.15, -0.1) is 0 Å². The maximum atomic E-state index is 12.1. The minimum atomic E-state index is -0.656. The number of carbonyl (C=O) groups is 1. The third-order valence-corrected chi connectivity index (χ3v) is 3.85. The largest absolute Gasteiger partial charge is 0.480 e. The van der Waals surface area contributed by atoms with Crippen molar-refractivity contribution >= 4 is 29.0 Å². The molecule has 1 amide bonds. The fourth-order valence-electron chi connectivity index (χ4n) is 2.50. The summed E-state index contributed by atoms with van der Waals surface area (Å²) in [4.78, 5) is 12.1. The van der Waals surface area contributed by atoms with Gasteiger partial charge in [-0.3, -0.25) is 4.79 Å². The second-order valence-corrected chi connectivity index (χ2v) is 5.76. The van der Waals surface area contributed by atoms with Crippen molar-refractivity contribution in [2.24, 2.45) is 5.10 Å². The monoisotopic (exact) mass is 344 g/mol. The number of hydrazone groups is 1. The van der Waals surface area contributed by atoms with Crippen LogP contribution in [0.4, 0.5) is 0 Å². The molecule has 1 unspecified atom stereocenters. The van der Waals surface area contributed by atoms with Crippen LogP contribution in [0, 0.1) is 0 Å². The van der Waals surface area contributed by atoms with Crippen molar-refractivity contribution in [2.45, 2.75) is 13.0 Å². The second-order valence-electron chi connectivity index (χ2n) is 5.76. The second kappa shape index (κ2) is 8.62. The van der Waals surface area contributed by atoms with E-state index in [1.807, 2.05) is 78.9 Å². The number of nitrogens with one attached hydrogen (secondary N) is 1. The quantitative estimate of drug-likeness (QED) is 0.531. The van der Waals surface area contributed by atoms with Gasteiger partial charge in [0.2, 0.25) is 0 Å². The number of hydrogen-bond acceptors (Lipinski definition) is 3. The van der Waals surface area contributed by atoms with E-state index in [4.69, 9.17) is 4.74 Å². The normalized spacial score (nSPS) is 12.5. The SMILES string of the molecule is CC(Oc1cccc2ccccc12)C(=O)NN=CC=Cc1ccccc1. The molecule has 3 rings (SSSR count). The van der Waals surface area contributed by atoms with Crippen LogP contribution in [-0.4, -0.2) is 18.2 Å². The Kier molecular flexibility index (Phi) is 5.78. The van der Waals surface area contributed by atoms with E-state index in [-0.39, 0.29) is 5.91 Å². The Morgan fingerprint density at radius 2 is 1.73 bits per heavy atom. The first kappa shape index (κ1) is 17.4. The summed E-state index contributed by atoms with van der Waals surface area (Å²) in [5.74, 6) is 0.376. The van der Waals surface area contributed by atoms with Crippen molar-refractivity contribution in [3.8, 4) is 5.75 Å². The highest BCUT2D eigenvalue weighted by molar-refractivity contribution is 5.89. The van der Waals surface area contributed by atoms with Gasteiger partial charge in [0.15, 0.2) is 6.10 Å². The molecule has 130 valence electrons.